The monoisotopic (exact) mass is 346 g/mol. The van der Waals surface area contributed by atoms with Gasteiger partial charge < -0.3 is 4.74 Å². The van der Waals surface area contributed by atoms with Gasteiger partial charge in [0.1, 0.15) is 5.75 Å². The summed E-state index contributed by atoms with van der Waals surface area (Å²) in [5.41, 5.74) is 0.268. The van der Waals surface area contributed by atoms with Crippen molar-refractivity contribution in [3.8, 4) is 5.75 Å². The van der Waals surface area contributed by atoms with Crippen LogP contribution < -0.4 is 4.74 Å². The molecular weight excluding hydrogens is 329 g/mol. The van der Waals surface area contributed by atoms with Crippen LogP contribution in [0.3, 0.4) is 0 Å². The van der Waals surface area contributed by atoms with Gasteiger partial charge >= 0.3 is 6.18 Å². The molecule has 2 unspecified atom stereocenters. The van der Waals surface area contributed by atoms with E-state index in [1.165, 1.54) is 13.2 Å². The van der Waals surface area contributed by atoms with Crippen LogP contribution in [0.2, 0.25) is 0 Å². The molecule has 1 aromatic carbocycles. The molecule has 2 aliphatic rings. The molecule has 126 valence electrons. The Morgan fingerprint density at radius 1 is 1.22 bits per heavy atom. The second-order valence-electron chi connectivity index (χ2n) is 5.99. The molecule has 0 saturated carbocycles. The van der Waals surface area contributed by atoms with E-state index in [9.17, 15) is 21.6 Å². The fraction of sp³-hybridized carbons (Fsp3) is 0.500. The van der Waals surface area contributed by atoms with Crippen LogP contribution >= 0.6 is 0 Å². The minimum atomic E-state index is -4.52. The van der Waals surface area contributed by atoms with Crippen LogP contribution in [0.1, 0.15) is 36.8 Å². The second kappa shape index (κ2) is 5.54. The van der Waals surface area contributed by atoms with Crippen molar-refractivity contribution in [3.63, 3.8) is 0 Å². The fourth-order valence-corrected chi connectivity index (χ4v) is 5.65. The molecule has 0 amide bonds. The standard InChI is InChI=1S/C16H17F3O3S/c1-22-15-6-5-10(9-14(15)16(17,18)19)11-7-12-3-2-4-13(8-11)23(12,20)21/h5-7,9,12-13H,2-4,8H2,1H3. The summed E-state index contributed by atoms with van der Waals surface area (Å²) in [5.74, 6) is -0.231. The molecule has 0 aromatic heterocycles. The highest BCUT2D eigenvalue weighted by atomic mass is 32.2. The molecule has 7 heteroatoms. The quantitative estimate of drug-likeness (QED) is 0.817. The van der Waals surface area contributed by atoms with E-state index in [-0.39, 0.29) is 12.2 Å². The second-order valence-corrected chi connectivity index (χ2v) is 8.44. The molecule has 1 fully saturated rings. The fourth-order valence-electron chi connectivity index (χ4n) is 3.40. The smallest absolute Gasteiger partial charge is 0.419 e. The zero-order chi connectivity index (χ0) is 16.8. The van der Waals surface area contributed by atoms with Gasteiger partial charge in [-0.15, -0.1) is 0 Å². The highest BCUT2D eigenvalue weighted by Crippen LogP contribution is 2.42. The number of rotatable bonds is 2. The Bertz CT molecular complexity index is 750. The lowest BCUT2D eigenvalue weighted by Crippen LogP contribution is -2.38. The molecule has 0 spiro atoms. The van der Waals surface area contributed by atoms with Gasteiger partial charge in [-0.25, -0.2) is 8.42 Å². The Labute approximate surface area is 133 Å². The highest BCUT2D eigenvalue weighted by Gasteiger charge is 2.41. The predicted molar refractivity (Wildman–Crippen MR) is 80.9 cm³/mol. The van der Waals surface area contributed by atoms with Crippen molar-refractivity contribution in [2.24, 2.45) is 0 Å². The minimum absolute atomic E-state index is 0.231. The van der Waals surface area contributed by atoms with Crippen molar-refractivity contribution in [1.82, 2.24) is 0 Å². The normalized spacial score (nSPS) is 26.5. The van der Waals surface area contributed by atoms with E-state index in [0.29, 0.717) is 24.0 Å². The Morgan fingerprint density at radius 3 is 2.57 bits per heavy atom. The Balaban J connectivity index is 2.05. The number of fused-ring (bicyclic) bond motifs is 2. The van der Waals surface area contributed by atoms with E-state index in [1.807, 2.05) is 0 Å². The Hall–Kier alpha value is -1.50. The molecule has 2 bridgehead atoms. The summed E-state index contributed by atoms with van der Waals surface area (Å²) in [6.45, 7) is 0. The number of alkyl halides is 3. The van der Waals surface area contributed by atoms with Gasteiger partial charge in [0, 0.05) is 0 Å². The summed E-state index contributed by atoms with van der Waals surface area (Å²) in [4.78, 5) is 0. The van der Waals surface area contributed by atoms with E-state index < -0.39 is 32.1 Å². The molecule has 0 aliphatic carbocycles. The van der Waals surface area contributed by atoms with Crippen LogP contribution in [0.25, 0.3) is 5.57 Å². The van der Waals surface area contributed by atoms with Crippen molar-refractivity contribution >= 4 is 15.4 Å². The topological polar surface area (TPSA) is 43.4 Å². The first kappa shape index (κ1) is 16.4. The number of benzene rings is 1. The summed E-state index contributed by atoms with van der Waals surface area (Å²) < 4.78 is 68.7. The van der Waals surface area contributed by atoms with Crippen molar-refractivity contribution in [1.29, 1.82) is 0 Å². The predicted octanol–water partition coefficient (Wildman–Crippen LogP) is 3.84. The van der Waals surface area contributed by atoms with Gasteiger partial charge in [-0.1, -0.05) is 18.6 Å². The molecular formula is C16H17F3O3S. The average molecular weight is 346 g/mol. The van der Waals surface area contributed by atoms with Crippen LogP contribution in [-0.4, -0.2) is 26.0 Å². The third-order valence-corrected chi connectivity index (χ3v) is 7.16. The van der Waals surface area contributed by atoms with Crippen molar-refractivity contribution < 1.29 is 26.3 Å². The van der Waals surface area contributed by atoms with Gasteiger partial charge in [-0.2, -0.15) is 13.2 Å². The van der Waals surface area contributed by atoms with Gasteiger partial charge in [0.25, 0.3) is 0 Å². The number of methoxy groups -OCH3 is 1. The third-order valence-electron chi connectivity index (χ3n) is 4.61. The molecule has 0 N–H and O–H groups in total. The van der Waals surface area contributed by atoms with Crippen molar-refractivity contribution in [3.05, 3.63) is 35.4 Å². The van der Waals surface area contributed by atoms with Gasteiger partial charge in [-0.05, 0) is 42.5 Å². The zero-order valence-electron chi connectivity index (χ0n) is 12.6. The van der Waals surface area contributed by atoms with Crippen LogP contribution in [0, 0.1) is 0 Å². The molecule has 2 atom stereocenters. The summed E-state index contributed by atoms with van der Waals surface area (Å²) in [5, 5.41) is -1.04. The van der Waals surface area contributed by atoms with Crippen molar-refractivity contribution in [2.45, 2.75) is 42.4 Å². The molecule has 1 saturated heterocycles. The summed E-state index contributed by atoms with van der Waals surface area (Å²) in [7, 11) is -1.99. The molecule has 2 aliphatic heterocycles. The lowest BCUT2D eigenvalue weighted by molar-refractivity contribution is -0.138. The molecule has 3 rings (SSSR count). The van der Waals surface area contributed by atoms with Crippen LogP contribution in [-0.2, 0) is 16.0 Å². The third kappa shape index (κ3) is 2.86. The molecule has 0 radical (unpaired) electrons. The lowest BCUT2D eigenvalue weighted by Gasteiger charge is -2.33. The molecule has 23 heavy (non-hydrogen) atoms. The van der Waals surface area contributed by atoms with Crippen LogP contribution in [0.5, 0.6) is 5.75 Å². The van der Waals surface area contributed by atoms with E-state index in [1.54, 1.807) is 12.1 Å². The molecule has 3 nitrogen and oxygen atoms in total. The number of sulfone groups is 1. The highest BCUT2D eigenvalue weighted by molar-refractivity contribution is 7.93. The summed E-state index contributed by atoms with van der Waals surface area (Å²) in [6.07, 6.45) is -0.633. The maximum atomic E-state index is 13.1. The van der Waals surface area contributed by atoms with E-state index in [4.69, 9.17) is 4.74 Å². The van der Waals surface area contributed by atoms with Gasteiger partial charge in [0.2, 0.25) is 0 Å². The molecule has 1 aromatic rings. The number of ether oxygens (including phenoxy) is 1. The average Bonchev–Trinajstić information content (AvgIpc) is 2.44. The van der Waals surface area contributed by atoms with E-state index in [0.717, 1.165) is 12.5 Å². The number of hydrogen-bond donors (Lipinski definition) is 0. The van der Waals surface area contributed by atoms with E-state index >= 15 is 0 Å². The summed E-state index contributed by atoms with van der Waals surface area (Å²) in [6, 6.07) is 3.91. The Morgan fingerprint density at radius 2 is 1.96 bits per heavy atom. The largest absolute Gasteiger partial charge is 0.496 e. The van der Waals surface area contributed by atoms with Gasteiger partial charge in [-0.3, -0.25) is 0 Å². The van der Waals surface area contributed by atoms with Crippen LogP contribution in [0.4, 0.5) is 13.2 Å². The Kier molecular flexibility index (Phi) is 3.94. The lowest BCUT2D eigenvalue weighted by atomic mass is 9.92. The maximum Gasteiger partial charge on any atom is 0.419 e. The van der Waals surface area contributed by atoms with Crippen LogP contribution in [0.15, 0.2) is 24.3 Å². The van der Waals surface area contributed by atoms with Crippen molar-refractivity contribution in [2.75, 3.05) is 7.11 Å². The summed E-state index contributed by atoms with van der Waals surface area (Å²) >= 11 is 0. The first-order valence-electron chi connectivity index (χ1n) is 7.42. The SMILES string of the molecule is COc1ccc(C2=CC3CCCC(C2)S3(=O)=O)cc1C(F)(F)F. The molecule has 2 heterocycles. The first-order chi connectivity index (χ1) is 10.7. The number of allylic oxidation sites excluding steroid dienone is 1. The maximum absolute atomic E-state index is 13.1. The number of halogens is 3. The van der Waals surface area contributed by atoms with Gasteiger partial charge in [0.05, 0.1) is 23.2 Å². The number of hydrogen-bond acceptors (Lipinski definition) is 3. The zero-order valence-corrected chi connectivity index (χ0v) is 13.4. The minimum Gasteiger partial charge on any atom is -0.496 e. The van der Waals surface area contributed by atoms with E-state index in [2.05, 4.69) is 0 Å². The first-order valence-corrected chi connectivity index (χ1v) is 9.03. The van der Waals surface area contributed by atoms with Gasteiger partial charge in [0.15, 0.2) is 9.84 Å².